The van der Waals surface area contributed by atoms with Crippen molar-refractivity contribution in [3.63, 3.8) is 0 Å². The smallest absolute Gasteiger partial charge is 0.161 e. The van der Waals surface area contributed by atoms with Crippen molar-refractivity contribution in [1.82, 2.24) is 0 Å². The first-order chi connectivity index (χ1) is 8.70. The summed E-state index contributed by atoms with van der Waals surface area (Å²) >= 11 is 0. The second kappa shape index (κ2) is 4.47. The molecule has 0 amide bonds. The molecule has 3 heteroatoms. The van der Waals surface area contributed by atoms with E-state index in [1.54, 1.807) is 0 Å². The average molecular weight is 247 g/mol. The van der Waals surface area contributed by atoms with Crippen molar-refractivity contribution < 1.29 is 9.47 Å². The summed E-state index contributed by atoms with van der Waals surface area (Å²) < 4.78 is 11.5. The Morgan fingerprint density at radius 2 is 1.72 bits per heavy atom. The third-order valence-electron chi connectivity index (χ3n) is 3.89. The summed E-state index contributed by atoms with van der Waals surface area (Å²) in [5, 5.41) is 0. The van der Waals surface area contributed by atoms with E-state index in [2.05, 4.69) is 19.1 Å². The predicted molar refractivity (Wildman–Crippen MR) is 71.3 cm³/mol. The maximum atomic E-state index is 6.24. The van der Waals surface area contributed by atoms with Crippen LogP contribution < -0.4 is 15.2 Å². The molecule has 18 heavy (non-hydrogen) atoms. The Morgan fingerprint density at radius 1 is 1.11 bits per heavy atom. The molecule has 98 valence electrons. The van der Waals surface area contributed by atoms with Crippen molar-refractivity contribution in [3.05, 3.63) is 23.3 Å². The van der Waals surface area contributed by atoms with Gasteiger partial charge >= 0.3 is 0 Å². The monoisotopic (exact) mass is 247 g/mol. The van der Waals surface area contributed by atoms with Gasteiger partial charge in [-0.1, -0.05) is 6.92 Å². The lowest BCUT2D eigenvalue weighted by Crippen LogP contribution is -2.25. The Labute approximate surface area is 108 Å². The van der Waals surface area contributed by atoms with Gasteiger partial charge in [-0.05, 0) is 48.9 Å². The van der Waals surface area contributed by atoms with E-state index in [1.807, 2.05) is 0 Å². The molecule has 1 fully saturated rings. The number of benzene rings is 1. The zero-order valence-corrected chi connectivity index (χ0v) is 11.0. The Morgan fingerprint density at radius 3 is 2.28 bits per heavy atom. The van der Waals surface area contributed by atoms with E-state index < -0.39 is 0 Å². The van der Waals surface area contributed by atoms with E-state index in [-0.39, 0.29) is 5.54 Å². The molecule has 0 unspecified atom stereocenters. The summed E-state index contributed by atoms with van der Waals surface area (Å²) in [5.74, 6) is 1.79. The molecule has 1 aromatic rings. The second-order valence-electron chi connectivity index (χ2n) is 5.51. The van der Waals surface area contributed by atoms with E-state index in [1.165, 1.54) is 11.1 Å². The first-order valence-corrected chi connectivity index (χ1v) is 6.90. The lowest BCUT2D eigenvalue weighted by Gasteiger charge is -2.16. The number of fused-ring (bicyclic) bond motifs is 1. The van der Waals surface area contributed by atoms with Crippen molar-refractivity contribution in [2.45, 2.75) is 44.6 Å². The minimum atomic E-state index is 0.0454. The summed E-state index contributed by atoms with van der Waals surface area (Å²) in [4.78, 5) is 0. The van der Waals surface area contributed by atoms with Crippen LogP contribution in [0.1, 0.15) is 37.3 Å². The third-order valence-corrected chi connectivity index (χ3v) is 3.89. The summed E-state index contributed by atoms with van der Waals surface area (Å²) in [6.45, 7) is 3.67. The fourth-order valence-electron chi connectivity index (χ4n) is 2.50. The maximum Gasteiger partial charge on any atom is 0.161 e. The van der Waals surface area contributed by atoms with Crippen LogP contribution in [-0.4, -0.2) is 18.8 Å². The van der Waals surface area contributed by atoms with Crippen LogP contribution >= 0.6 is 0 Å². The van der Waals surface area contributed by atoms with Gasteiger partial charge in [-0.2, -0.15) is 0 Å². The third kappa shape index (κ3) is 2.32. The minimum Gasteiger partial charge on any atom is -0.490 e. The van der Waals surface area contributed by atoms with Crippen LogP contribution in [0.25, 0.3) is 0 Å². The lowest BCUT2D eigenvalue weighted by molar-refractivity contribution is 0.297. The molecule has 0 spiro atoms. The van der Waals surface area contributed by atoms with Gasteiger partial charge in [0, 0.05) is 12.0 Å². The summed E-state index contributed by atoms with van der Waals surface area (Å²) in [6.07, 6.45) is 5.22. The van der Waals surface area contributed by atoms with Gasteiger partial charge in [0.2, 0.25) is 0 Å². The van der Waals surface area contributed by atoms with Gasteiger partial charge in [0.1, 0.15) is 0 Å². The molecule has 0 bridgehead atoms. The van der Waals surface area contributed by atoms with E-state index in [9.17, 15) is 0 Å². The van der Waals surface area contributed by atoms with Crippen molar-refractivity contribution in [3.8, 4) is 11.5 Å². The average Bonchev–Trinajstić information content (AvgIpc) is 3.11. The molecule has 1 heterocycles. The standard InChI is InChI=1S/C15H21NO2/c1-2-11-8-13-14(18-7-3-6-17-13)9-12(11)10-15(16)4-5-15/h8-9H,2-7,10,16H2,1H3. The van der Waals surface area contributed by atoms with E-state index in [0.717, 1.165) is 56.8 Å². The summed E-state index contributed by atoms with van der Waals surface area (Å²) in [5.41, 5.74) is 8.96. The maximum absolute atomic E-state index is 6.24. The zero-order valence-electron chi connectivity index (χ0n) is 11.0. The predicted octanol–water partition coefficient (Wildman–Crippen LogP) is 2.44. The van der Waals surface area contributed by atoms with Crippen molar-refractivity contribution in [2.24, 2.45) is 5.73 Å². The van der Waals surface area contributed by atoms with Crippen molar-refractivity contribution in [1.29, 1.82) is 0 Å². The SMILES string of the molecule is CCc1cc2c(cc1CC1(N)CC1)OCCCO2. The highest BCUT2D eigenvalue weighted by molar-refractivity contribution is 5.48. The fourth-order valence-corrected chi connectivity index (χ4v) is 2.50. The van der Waals surface area contributed by atoms with Crippen molar-refractivity contribution >= 4 is 0 Å². The Balaban J connectivity index is 1.94. The highest BCUT2D eigenvalue weighted by atomic mass is 16.5. The highest BCUT2D eigenvalue weighted by Gasteiger charge is 2.38. The molecule has 3 rings (SSSR count). The molecular weight excluding hydrogens is 226 g/mol. The molecule has 0 radical (unpaired) electrons. The zero-order chi connectivity index (χ0) is 12.6. The minimum absolute atomic E-state index is 0.0454. The quantitative estimate of drug-likeness (QED) is 0.892. The first kappa shape index (κ1) is 11.8. The van der Waals surface area contributed by atoms with Gasteiger partial charge < -0.3 is 15.2 Å². The van der Waals surface area contributed by atoms with Crippen LogP contribution in [0.4, 0.5) is 0 Å². The molecule has 2 aliphatic rings. The molecule has 2 N–H and O–H groups in total. The Kier molecular flexibility index (Phi) is 2.94. The van der Waals surface area contributed by atoms with Gasteiger partial charge in [0.05, 0.1) is 13.2 Å². The molecule has 1 aliphatic carbocycles. The van der Waals surface area contributed by atoms with E-state index in [0.29, 0.717) is 0 Å². The number of hydrogen-bond donors (Lipinski definition) is 1. The van der Waals surface area contributed by atoms with Gasteiger partial charge in [-0.3, -0.25) is 0 Å². The van der Waals surface area contributed by atoms with Crippen LogP contribution in [0.15, 0.2) is 12.1 Å². The first-order valence-electron chi connectivity index (χ1n) is 6.90. The fraction of sp³-hybridized carbons (Fsp3) is 0.600. The number of rotatable bonds is 3. The largest absolute Gasteiger partial charge is 0.490 e. The van der Waals surface area contributed by atoms with Crippen LogP contribution in [0.5, 0.6) is 11.5 Å². The molecule has 1 aliphatic heterocycles. The number of ether oxygens (including phenoxy) is 2. The lowest BCUT2D eigenvalue weighted by atomic mass is 9.97. The Bertz CT molecular complexity index is 452. The molecule has 0 aromatic heterocycles. The van der Waals surface area contributed by atoms with E-state index in [4.69, 9.17) is 15.2 Å². The van der Waals surface area contributed by atoms with Crippen LogP contribution in [-0.2, 0) is 12.8 Å². The van der Waals surface area contributed by atoms with Gasteiger partial charge in [0.25, 0.3) is 0 Å². The van der Waals surface area contributed by atoms with Crippen LogP contribution in [0, 0.1) is 0 Å². The molecule has 1 aromatic carbocycles. The van der Waals surface area contributed by atoms with E-state index >= 15 is 0 Å². The normalized spacial score (nSPS) is 20.3. The highest BCUT2D eigenvalue weighted by Crippen LogP contribution is 2.39. The van der Waals surface area contributed by atoms with Gasteiger partial charge in [-0.15, -0.1) is 0 Å². The van der Waals surface area contributed by atoms with Crippen LogP contribution in [0.3, 0.4) is 0 Å². The molecule has 0 saturated heterocycles. The number of hydrogen-bond acceptors (Lipinski definition) is 3. The molecular formula is C15H21NO2. The van der Waals surface area contributed by atoms with Gasteiger partial charge in [-0.25, -0.2) is 0 Å². The molecule has 0 atom stereocenters. The second-order valence-corrected chi connectivity index (χ2v) is 5.51. The summed E-state index contributed by atoms with van der Waals surface area (Å²) in [6, 6.07) is 4.29. The number of nitrogens with two attached hydrogens (primary N) is 1. The summed E-state index contributed by atoms with van der Waals surface area (Å²) in [7, 11) is 0. The van der Waals surface area contributed by atoms with Crippen LogP contribution in [0.2, 0.25) is 0 Å². The molecule has 1 saturated carbocycles. The Hall–Kier alpha value is -1.22. The van der Waals surface area contributed by atoms with Crippen molar-refractivity contribution in [2.75, 3.05) is 13.2 Å². The number of aryl methyl sites for hydroxylation is 1. The van der Waals surface area contributed by atoms with Gasteiger partial charge in [0.15, 0.2) is 11.5 Å². The molecule has 3 nitrogen and oxygen atoms in total. The topological polar surface area (TPSA) is 44.5 Å².